The number of carboxylic acids is 2. The van der Waals surface area contributed by atoms with Crippen molar-refractivity contribution in [2.24, 2.45) is 0 Å². The number of aliphatic hydroxyl groups is 8. The summed E-state index contributed by atoms with van der Waals surface area (Å²) in [6, 6.07) is 0. The number of rotatable bonds is 4. The molecule has 0 bridgehead atoms. The Morgan fingerprint density at radius 3 is 1.28 bits per heavy atom. The Balaban J connectivity index is 0.000000523. The van der Waals surface area contributed by atoms with Gasteiger partial charge in [0, 0.05) is 12.8 Å². The van der Waals surface area contributed by atoms with E-state index < -0.39 is 86.2 Å². The van der Waals surface area contributed by atoms with Gasteiger partial charge in [-0.3, -0.25) is 0 Å². The molecule has 0 aromatic rings. The third-order valence-corrected chi connectivity index (χ3v) is 4.21. The SMILES string of the molecule is O=C([O-])C1(O)C[C@H](O)[C@H](O)[C@@H](CO)O1.O=C([O-])C1(O)C[C@H](O)[C@H](O)[C@@H](CO)O1.[Ba+2]. The van der Waals surface area contributed by atoms with Crippen molar-refractivity contribution in [3.8, 4) is 0 Å². The number of ether oxygens (including phenoxy) is 2. The molecular formula is C14H22BaO14. The number of aliphatic carboxylic acids is 2. The molecule has 8 atom stereocenters. The maximum absolute atomic E-state index is 10.4. The molecule has 29 heavy (non-hydrogen) atoms. The second-order valence-corrected chi connectivity index (χ2v) is 6.35. The molecule has 2 fully saturated rings. The first-order valence-corrected chi connectivity index (χ1v) is 7.98. The minimum atomic E-state index is -2.66. The van der Waals surface area contributed by atoms with Gasteiger partial charge in [-0.1, -0.05) is 0 Å². The number of carboxylic acid groups (broad SMARTS) is 2. The average Bonchev–Trinajstić information content (AvgIpc) is 2.61. The molecule has 0 saturated carbocycles. The summed E-state index contributed by atoms with van der Waals surface area (Å²) >= 11 is 0. The molecule has 0 aromatic heterocycles. The number of hydrogen-bond donors (Lipinski definition) is 8. The van der Waals surface area contributed by atoms with Gasteiger partial charge >= 0.3 is 48.9 Å². The Morgan fingerprint density at radius 1 is 0.793 bits per heavy atom. The van der Waals surface area contributed by atoms with Gasteiger partial charge in [0.25, 0.3) is 0 Å². The maximum atomic E-state index is 10.4. The van der Waals surface area contributed by atoms with Crippen molar-refractivity contribution in [2.45, 2.75) is 61.0 Å². The minimum Gasteiger partial charge on any atom is -0.544 e. The average molecular weight is 552 g/mol. The van der Waals surface area contributed by atoms with Gasteiger partial charge in [0.15, 0.2) is 0 Å². The van der Waals surface area contributed by atoms with Gasteiger partial charge < -0.3 is 70.1 Å². The molecule has 8 N–H and O–H groups in total. The molecule has 0 radical (unpaired) electrons. The van der Waals surface area contributed by atoms with Crippen LogP contribution in [0.4, 0.5) is 0 Å². The van der Waals surface area contributed by atoms with Crippen LogP contribution in [0.5, 0.6) is 0 Å². The van der Waals surface area contributed by atoms with E-state index in [9.17, 15) is 50.4 Å². The van der Waals surface area contributed by atoms with Gasteiger partial charge in [-0.2, -0.15) is 0 Å². The number of carbonyl (C=O) groups is 2. The fourth-order valence-electron chi connectivity index (χ4n) is 2.59. The summed E-state index contributed by atoms with van der Waals surface area (Å²) in [6.45, 7) is -1.43. The molecular weight excluding hydrogens is 529 g/mol. The van der Waals surface area contributed by atoms with Crippen molar-refractivity contribution in [2.75, 3.05) is 13.2 Å². The fourth-order valence-corrected chi connectivity index (χ4v) is 2.59. The number of carbonyl (C=O) groups excluding carboxylic acids is 2. The monoisotopic (exact) mass is 552 g/mol. The molecule has 0 amide bonds. The smallest absolute Gasteiger partial charge is 0.544 e. The van der Waals surface area contributed by atoms with E-state index in [1.165, 1.54) is 0 Å². The molecule has 15 heteroatoms. The molecule has 2 rings (SSSR count). The zero-order valence-electron chi connectivity index (χ0n) is 15.0. The van der Waals surface area contributed by atoms with Crippen molar-refractivity contribution in [1.82, 2.24) is 0 Å². The third-order valence-electron chi connectivity index (χ3n) is 4.21. The zero-order chi connectivity index (χ0) is 21.9. The predicted molar refractivity (Wildman–Crippen MR) is 82.8 cm³/mol. The third kappa shape index (κ3) is 7.06. The van der Waals surface area contributed by atoms with E-state index in [2.05, 4.69) is 9.47 Å². The summed E-state index contributed by atoms with van der Waals surface area (Å²) in [4.78, 5) is 20.9. The molecule has 0 aliphatic carbocycles. The Morgan fingerprint density at radius 2 is 1.07 bits per heavy atom. The summed E-state index contributed by atoms with van der Waals surface area (Å²) in [7, 11) is 0. The molecule has 2 aliphatic rings. The van der Waals surface area contributed by atoms with E-state index in [0.717, 1.165) is 0 Å². The van der Waals surface area contributed by atoms with Crippen molar-refractivity contribution in [1.29, 1.82) is 0 Å². The van der Waals surface area contributed by atoms with Crippen LogP contribution >= 0.6 is 0 Å². The maximum Gasteiger partial charge on any atom is 2.00 e. The molecule has 0 spiro atoms. The fraction of sp³-hybridized carbons (Fsp3) is 0.857. The number of aliphatic hydroxyl groups excluding tert-OH is 6. The first-order valence-electron chi connectivity index (χ1n) is 7.98. The molecule has 2 unspecified atom stereocenters. The predicted octanol–water partition coefficient (Wildman–Crippen LogP) is -8.53. The van der Waals surface area contributed by atoms with E-state index in [-0.39, 0.29) is 48.9 Å². The van der Waals surface area contributed by atoms with E-state index >= 15 is 0 Å². The van der Waals surface area contributed by atoms with E-state index in [4.69, 9.17) is 10.2 Å². The van der Waals surface area contributed by atoms with Crippen LogP contribution in [-0.2, 0) is 19.1 Å². The Labute approximate surface area is 204 Å². The van der Waals surface area contributed by atoms with Gasteiger partial charge in [0.05, 0.1) is 25.4 Å². The van der Waals surface area contributed by atoms with Gasteiger partial charge in [-0.05, 0) is 0 Å². The Hall–Kier alpha value is 0.111. The summed E-state index contributed by atoms with van der Waals surface area (Å²) in [6.07, 6.45) is -9.92. The van der Waals surface area contributed by atoms with Gasteiger partial charge in [-0.25, -0.2) is 0 Å². The zero-order valence-corrected chi connectivity index (χ0v) is 19.5. The van der Waals surface area contributed by atoms with Gasteiger partial charge in [0.2, 0.25) is 11.6 Å². The first-order chi connectivity index (χ1) is 12.8. The molecule has 2 heterocycles. The summed E-state index contributed by atoms with van der Waals surface area (Å²) in [5, 5.41) is 93.5. The van der Waals surface area contributed by atoms with Crippen LogP contribution in [0.2, 0.25) is 0 Å². The quantitative estimate of drug-likeness (QED) is 0.151. The van der Waals surface area contributed by atoms with Crippen molar-refractivity contribution in [3.05, 3.63) is 0 Å². The normalized spacial score (nSPS) is 42.1. The Kier molecular flexibility index (Phi) is 11.7. The second-order valence-electron chi connectivity index (χ2n) is 6.35. The van der Waals surface area contributed by atoms with Crippen molar-refractivity contribution >= 4 is 60.8 Å². The minimum absolute atomic E-state index is 0. The molecule has 164 valence electrons. The first kappa shape index (κ1) is 29.1. The van der Waals surface area contributed by atoms with E-state index in [0.29, 0.717) is 0 Å². The van der Waals surface area contributed by atoms with Crippen molar-refractivity contribution < 1.29 is 70.1 Å². The summed E-state index contributed by atoms with van der Waals surface area (Å²) in [5.41, 5.74) is 0. The van der Waals surface area contributed by atoms with Crippen LogP contribution in [-0.4, -0.2) is 163 Å². The van der Waals surface area contributed by atoms with Crippen LogP contribution < -0.4 is 10.2 Å². The van der Waals surface area contributed by atoms with E-state index in [1.54, 1.807) is 0 Å². The number of hydrogen-bond acceptors (Lipinski definition) is 14. The molecule has 14 nitrogen and oxygen atoms in total. The second kappa shape index (κ2) is 11.7. The van der Waals surface area contributed by atoms with Crippen LogP contribution in [0.15, 0.2) is 0 Å². The molecule has 2 aliphatic heterocycles. The molecule has 0 aromatic carbocycles. The topological polar surface area (TPSA) is 261 Å². The van der Waals surface area contributed by atoms with Crippen molar-refractivity contribution in [3.63, 3.8) is 0 Å². The standard InChI is InChI=1S/2C7H12O7.Ba/c2*8-2-4-5(10)3(9)1-7(13,14-4)6(11)12;/h2*3-5,8-10,13H,1-2H2,(H,11,12);/q;;+2/p-2/t2*3-,4+,5-,7?;/m00./s1. The van der Waals surface area contributed by atoms with Gasteiger partial charge in [-0.15, -0.1) is 0 Å². The Bertz CT molecular complexity index is 514. The van der Waals surface area contributed by atoms with Gasteiger partial charge in [0.1, 0.15) is 36.4 Å². The van der Waals surface area contributed by atoms with E-state index in [1.807, 2.05) is 0 Å². The molecule has 2 saturated heterocycles. The van der Waals surface area contributed by atoms with Crippen LogP contribution in [0, 0.1) is 0 Å². The summed E-state index contributed by atoms with van der Waals surface area (Å²) in [5.74, 6) is -9.15. The largest absolute Gasteiger partial charge is 2.00 e. The van der Waals surface area contributed by atoms with Crippen LogP contribution in [0.3, 0.4) is 0 Å². The summed E-state index contributed by atoms with van der Waals surface area (Å²) < 4.78 is 9.00. The van der Waals surface area contributed by atoms with Crippen LogP contribution in [0.1, 0.15) is 12.8 Å². The van der Waals surface area contributed by atoms with Crippen LogP contribution in [0.25, 0.3) is 0 Å².